The van der Waals surface area contributed by atoms with Crippen LogP contribution in [0.3, 0.4) is 0 Å². The molecule has 0 bridgehead atoms. The van der Waals surface area contributed by atoms with E-state index in [1.807, 2.05) is 23.3 Å². The van der Waals surface area contributed by atoms with Crippen LogP contribution in [0.25, 0.3) is 0 Å². The second-order valence-electron chi connectivity index (χ2n) is 4.47. The Hall–Kier alpha value is -0.540. The first-order valence-corrected chi connectivity index (χ1v) is 6.88. The van der Waals surface area contributed by atoms with Crippen LogP contribution in [0.4, 0.5) is 0 Å². The van der Waals surface area contributed by atoms with E-state index in [1.165, 1.54) is 11.3 Å². The molecule has 1 fully saturated rings. The zero-order valence-corrected chi connectivity index (χ0v) is 11.1. The van der Waals surface area contributed by atoms with Crippen LogP contribution in [0.2, 0.25) is 0 Å². The van der Waals surface area contributed by atoms with Crippen LogP contribution in [0.5, 0.6) is 0 Å². The lowest BCUT2D eigenvalue weighted by Gasteiger charge is -2.33. The highest BCUT2D eigenvalue weighted by atomic mass is 35.5. The molecule has 0 saturated carbocycles. The minimum Gasteiger partial charge on any atom is -0.336 e. The maximum Gasteiger partial charge on any atom is 0.264 e. The molecule has 16 heavy (non-hydrogen) atoms. The van der Waals surface area contributed by atoms with Gasteiger partial charge < -0.3 is 4.90 Å². The Morgan fingerprint density at radius 2 is 2.38 bits per heavy atom. The topological polar surface area (TPSA) is 20.3 Å². The molecule has 1 aromatic rings. The number of carbonyl (C=O) groups excluding carboxylic acids is 1. The first-order chi connectivity index (χ1) is 7.59. The van der Waals surface area contributed by atoms with Gasteiger partial charge in [0.1, 0.15) is 0 Å². The highest BCUT2D eigenvalue weighted by Crippen LogP contribution is 2.25. The number of aryl methyl sites for hydroxylation is 1. The van der Waals surface area contributed by atoms with Crippen LogP contribution >= 0.6 is 22.9 Å². The predicted octanol–water partition coefficient (Wildman–Crippen LogP) is 3.15. The fourth-order valence-corrected chi connectivity index (χ4v) is 3.13. The molecule has 2 unspecified atom stereocenters. The second kappa shape index (κ2) is 4.76. The Labute approximate surface area is 105 Å². The van der Waals surface area contributed by atoms with Gasteiger partial charge in [0.2, 0.25) is 0 Å². The van der Waals surface area contributed by atoms with E-state index >= 15 is 0 Å². The number of carbonyl (C=O) groups is 1. The molecule has 0 N–H and O–H groups in total. The third kappa shape index (κ3) is 2.25. The molecule has 4 heteroatoms. The standard InChI is InChI=1S/C12H16ClNOS/c1-8-3-5-14(7-10(8)13)12(15)11-9(2)4-6-16-11/h4,6,8,10H,3,5,7H2,1-2H3. The number of halogens is 1. The summed E-state index contributed by atoms with van der Waals surface area (Å²) in [5, 5.41) is 2.06. The maximum atomic E-state index is 12.2. The Morgan fingerprint density at radius 1 is 1.62 bits per heavy atom. The molecular weight excluding hydrogens is 242 g/mol. The average molecular weight is 258 g/mol. The SMILES string of the molecule is Cc1ccsc1C(=O)N1CCC(C)C(Cl)C1. The minimum atomic E-state index is 0.0953. The Bertz CT molecular complexity index is 390. The van der Waals surface area contributed by atoms with E-state index in [0.717, 1.165) is 23.4 Å². The van der Waals surface area contributed by atoms with Crippen LogP contribution in [0.15, 0.2) is 11.4 Å². The molecule has 0 aromatic carbocycles. The molecule has 1 amide bonds. The van der Waals surface area contributed by atoms with Gasteiger partial charge in [-0.05, 0) is 36.3 Å². The van der Waals surface area contributed by atoms with Crippen molar-refractivity contribution in [2.24, 2.45) is 5.92 Å². The number of hydrogen-bond donors (Lipinski definition) is 0. The highest BCUT2D eigenvalue weighted by molar-refractivity contribution is 7.12. The van der Waals surface area contributed by atoms with Crippen LogP contribution < -0.4 is 0 Å². The van der Waals surface area contributed by atoms with Gasteiger partial charge in [0.15, 0.2) is 0 Å². The quantitative estimate of drug-likeness (QED) is 0.708. The smallest absolute Gasteiger partial charge is 0.264 e. The summed E-state index contributed by atoms with van der Waals surface area (Å²) in [7, 11) is 0. The molecule has 2 rings (SSSR count). The maximum absolute atomic E-state index is 12.2. The van der Waals surface area contributed by atoms with E-state index in [0.29, 0.717) is 12.5 Å². The molecule has 1 saturated heterocycles. The van der Waals surface area contributed by atoms with Gasteiger partial charge in [-0.1, -0.05) is 6.92 Å². The fraction of sp³-hybridized carbons (Fsp3) is 0.583. The summed E-state index contributed by atoms with van der Waals surface area (Å²) in [5.41, 5.74) is 1.07. The lowest BCUT2D eigenvalue weighted by molar-refractivity contribution is 0.0706. The summed E-state index contributed by atoms with van der Waals surface area (Å²) < 4.78 is 0. The Morgan fingerprint density at radius 3 is 2.94 bits per heavy atom. The number of thiophene rings is 1. The van der Waals surface area contributed by atoms with E-state index in [4.69, 9.17) is 11.6 Å². The molecule has 0 radical (unpaired) electrons. The van der Waals surface area contributed by atoms with Crippen molar-refractivity contribution in [3.8, 4) is 0 Å². The number of likely N-dealkylation sites (tertiary alicyclic amines) is 1. The molecule has 1 aliphatic heterocycles. The molecule has 2 heterocycles. The van der Waals surface area contributed by atoms with Crippen LogP contribution in [0.1, 0.15) is 28.6 Å². The van der Waals surface area contributed by atoms with Gasteiger partial charge in [0, 0.05) is 13.1 Å². The van der Waals surface area contributed by atoms with Gasteiger partial charge in [0.25, 0.3) is 5.91 Å². The molecule has 2 nitrogen and oxygen atoms in total. The van der Waals surface area contributed by atoms with Crippen molar-refractivity contribution in [1.29, 1.82) is 0 Å². The third-order valence-corrected chi connectivity index (χ3v) is 4.78. The number of amides is 1. The van der Waals surface area contributed by atoms with E-state index in [-0.39, 0.29) is 11.3 Å². The first kappa shape index (κ1) is 11.9. The largest absolute Gasteiger partial charge is 0.336 e. The molecule has 1 aromatic heterocycles. The van der Waals surface area contributed by atoms with Gasteiger partial charge in [-0.3, -0.25) is 4.79 Å². The zero-order valence-electron chi connectivity index (χ0n) is 9.57. The Balaban J connectivity index is 2.09. The van der Waals surface area contributed by atoms with Crippen LogP contribution in [-0.4, -0.2) is 29.3 Å². The van der Waals surface area contributed by atoms with E-state index in [1.54, 1.807) is 0 Å². The lowest BCUT2D eigenvalue weighted by Crippen LogP contribution is -2.43. The average Bonchev–Trinajstić information content (AvgIpc) is 2.67. The monoisotopic (exact) mass is 257 g/mol. The van der Waals surface area contributed by atoms with E-state index < -0.39 is 0 Å². The Kier molecular flexibility index (Phi) is 3.55. The minimum absolute atomic E-state index is 0.0953. The van der Waals surface area contributed by atoms with Gasteiger partial charge in [-0.2, -0.15) is 0 Å². The summed E-state index contributed by atoms with van der Waals surface area (Å²) in [6.45, 7) is 5.64. The van der Waals surface area contributed by atoms with E-state index in [9.17, 15) is 4.79 Å². The number of nitrogens with zero attached hydrogens (tertiary/aromatic N) is 1. The number of piperidine rings is 1. The second-order valence-corrected chi connectivity index (χ2v) is 5.94. The number of hydrogen-bond acceptors (Lipinski definition) is 2. The van der Waals surface area contributed by atoms with Crippen molar-refractivity contribution < 1.29 is 4.79 Å². The molecule has 2 atom stereocenters. The van der Waals surface area contributed by atoms with Crippen molar-refractivity contribution in [3.05, 3.63) is 21.9 Å². The van der Waals surface area contributed by atoms with Gasteiger partial charge in [0.05, 0.1) is 10.3 Å². The molecule has 1 aliphatic rings. The summed E-state index contributed by atoms with van der Waals surface area (Å²) >= 11 is 7.74. The summed E-state index contributed by atoms with van der Waals surface area (Å²) in [5.74, 6) is 0.653. The zero-order chi connectivity index (χ0) is 11.7. The summed E-state index contributed by atoms with van der Waals surface area (Å²) in [6.07, 6.45) is 1.00. The highest BCUT2D eigenvalue weighted by Gasteiger charge is 2.28. The van der Waals surface area contributed by atoms with Crippen LogP contribution in [-0.2, 0) is 0 Å². The van der Waals surface area contributed by atoms with Crippen LogP contribution in [0, 0.1) is 12.8 Å². The normalized spacial score (nSPS) is 25.8. The van der Waals surface area contributed by atoms with Crippen molar-refractivity contribution >= 4 is 28.8 Å². The predicted molar refractivity (Wildman–Crippen MR) is 68.4 cm³/mol. The number of rotatable bonds is 1. The third-order valence-electron chi connectivity index (χ3n) is 3.21. The van der Waals surface area contributed by atoms with Gasteiger partial charge in [-0.15, -0.1) is 22.9 Å². The van der Waals surface area contributed by atoms with Crippen molar-refractivity contribution in [3.63, 3.8) is 0 Å². The molecule has 0 spiro atoms. The summed E-state index contributed by atoms with van der Waals surface area (Å²) in [6, 6.07) is 1.99. The summed E-state index contributed by atoms with van der Waals surface area (Å²) in [4.78, 5) is 15.0. The lowest BCUT2D eigenvalue weighted by atomic mass is 9.98. The van der Waals surface area contributed by atoms with Gasteiger partial charge >= 0.3 is 0 Å². The van der Waals surface area contributed by atoms with Crippen molar-refractivity contribution in [1.82, 2.24) is 4.90 Å². The fourth-order valence-electron chi connectivity index (χ4n) is 1.94. The van der Waals surface area contributed by atoms with Crippen molar-refractivity contribution in [2.45, 2.75) is 25.6 Å². The molecule has 88 valence electrons. The molecule has 0 aliphatic carbocycles. The number of alkyl halides is 1. The molecular formula is C12H16ClNOS. The van der Waals surface area contributed by atoms with Gasteiger partial charge in [-0.25, -0.2) is 0 Å². The van der Waals surface area contributed by atoms with E-state index in [2.05, 4.69) is 6.92 Å². The van der Waals surface area contributed by atoms with Crippen molar-refractivity contribution in [2.75, 3.05) is 13.1 Å². The first-order valence-electron chi connectivity index (χ1n) is 5.57.